The summed E-state index contributed by atoms with van der Waals surface area (Å²) in [6, 6.07) is 11.5. The number of carbonyl (C=O) groups excluding carboxylic acids is 1. The lowest BCUT2D eigenvalue weighted by molar-refractivity contribution is 0.0940. The number of aromatic nitrogens is 2. The van der Waals surface area contributed by atoms with Crippen molar-refractivity contribution >= 4 is 16.8 Å². The molecule has 0 saturated heterocycles. The number of para-hydroxylation sites is 1. The number of carbonyl (C=O) groups is 1. The molecule has 136 valence electrons. The lowest BCUT2D eigenvalue weighted by Gasteiger charge is -2.24. The fourth-order valence-electron chi connectivity index (χ4n) is 3.26. The van der Waals surface area contributed by atoms with E-state index in [4.69, 9.17) is 0 Å². The first-order chi connectivity index (χ1) is 12.4. The van der Waals surface area contributed by atoms with Gasteiger partial charge in [0.2, 0.25) is 0 Å². The third-order valence-electron chi connectivity index (χ3n) is 4.73. The highest BCUT2D eigenvalue weighted by Crippen LogP contribution is 2.28. The van der Waals surface area contributed by atoms with Gasteiger partial charge in [0.05, 0.1) is 6.04 Å². The van der Waals surface area contributed by atoms with E-state index in [2.05, 4.69) is 33.1 Å². The number of amides is 1. The number of benzene rings is 1. The van der Waals surface area contributed by atoms with Gasteiger partial charge in [0.15, 0.2) is 0 Å². The standard InChI is InChI=1S/C20H24N4O2/c1-22(2)18(16-13-24(4)17-10-6-5-8-14(16)17)12-21-19(25)15-9-7-11-23(3)20(15)26/h5-11,13,18H,12H2,1-4H3,(H,21,25)/t18-/m1/s1. The molecule has 0 aliphatic rings. The van der Waals surface area contributed by atoms with Crippen molar-refractivity contribution in [2.45, 2.75) is 6.04 Å². The molecular formula is C20H24N4O2. The van der Waals surface area contributed by atoms with Crippen molar-refractivity contribution in [3.05, 3.63) is 70.3 Å². The van der Waals surface area contributed by atoms with Crippen LogP contribution in [0.5, 0.6) is 0 Å². The van der Waals surface area contributed by atoms with Crippen LogP contribution in [0.1, 0.15) is 22.0 Å². The summed E-state index contributed by atoms with van der Waals surface area (Å²) in [5.41, 5.74) is 2.16. The fraction of sp³-hybridized carbons (Fsp3) is 0.300. The van der Waals surface area contributed by atoms with Crippen molar-refractivity contribution in [1.82, 2.24) is 19.4 Å². The number of hydrogen-bond acceptors (Lipinski definition) is 3. The summed E-state index contributed by atoms with van der Waals surface area (Å²) in [6.45, 7) is 0.415. The molecule has 1 amide bonds. The first-order valence-corrected chi connectivity index (χ1v) is 8.54. The minimum atomic E-state index is -0.349. The smallest absolute Gasteiger partial charge is 0.263 e. The van der Waals surface area contributed by atoms with E-state index >= 15 is 0 Å². The number of pyridine rings is 1. The second-order valence-corrected chi connectivity index (χ2v) is 6.74. The quantitative estimate of drug-likeness (QED) is 0.763. The van der Waals surface area contributed by atoms with Crippen LogP contribution in [0.4, 0.5) is 0 Å². The van der Waals surface area contributed by atoms with Crippen LogP contribution in [0.2, 0.25) is 0 Å². The largest absolute Gasteiger partial charge is 0.350 e. The van der Waals surface area contributed by atoms with Gasteiger partial charge in [0, 0.05) is 43.9 Å². The molecule has 6 heteroatoms. The van der Waals surface area contributed by atoms with Crippen molar-refractivity contribution in [2.24, 2.45) is 14.1 Å². The van der Waals surface area contributed by atoms with Gasteiger partial charge in [-0.05, 0) is 37.9 Å². The number of fused-ring (bicyclic) bond motifs is 1. The maximum absolute atomic E-state index is 12.5. The van der Waals surface area contributed by atoms with Crippen molar-refractivity contribution in [3.63, 3.8) is 0 Å². The molecule has 1 aromatic carbocycles. The van der Waals surface area contributed by atoms with Crippen LogP contribution < -0.4 is 10.9 Å². The molecule has 0 spiro atoms. The molecular weight excluding hydrogens is 328 g/mol. The Balaban J connectivity index is 1.87. The molecule has 3 aromatic rings. The number of nitrogens with zero attached hydrogens (tertiary/aromatic N) is 3. The highest BCUT2D eigenvalue weighted by atomic mass is 16.2. The Morgan fingerprint density at radius 3 is 2.58 bits per heavy atom. The molecule has 0 aliphatic carbocycles. The Morgan fingerprint density at radius 2 is 1.85 bits per heavy atom. The van der Waals surface area contributed by atoms with Gasteiger partial charge in [-0.3, -0.25) is 9.59 Å². The Labute approximate surface area is 152 Å². The lowest BCUT2D eigenvalue weighted by atomic mass is 10.0. The van der Waals surface area contributed by atoms with E-state index in [1.165, 1.54) is 9.95 Å². The molecule has 0 bridgehead atoms. The van der Waals surface area contributed by atoms with Crippen LogP contribution in [0.15, 0.2) is 53.6 Å². The van der Waals surface area contributed by atoms with Crippen molar-refractivity contribution < 1.29 is 4.79 Å². The van der Waals surface area contributed by atoms with Gasteiger partial charge in [-0.2, -0.15) is 0 Å². The van der Waals surface area contributed by atoms with Crippen molar-refractivity contribution in [1.29, 1.82) is 0 Å². The van der Waals surface area contributed by atoms with Gasteiger partial charge in [0.25, 0.3) is 11.5 Å². The van der Waals surface area contributed by atoms with Crippen LogP contribution in [-0.4, -0.2) is 40.6 Å². The molecule has 0 fully saturated rings. The molecule has 3 rings (SSSR count). The molecule has 0 unspecified atom stereocenters. The third kappa shape index (κ3) is 3.28. The molecule has 0 radical (unpaired) electrons. The molecule has 26 heavy (non-hydrogen) atoms. The zero-order valence-corrected chi connectivity index (χ0v) is 15.6. The highest BCUT2D eigenvalue weighted by molar-refractivity contribution is 5.93. The number of nitrogens with one attached hydrogen (secondary N) is 1. The third-order valence-corrected chi connectivity index (χ3v) is 4.73. The zero-order valence-electron chi connectivity index (χ0n) is 15.6. The van der Waals surface area contributed by atoms with Crippen LogP contribution in [0.25, 0.3) is 10.9 Å². The molecule has 6 nitrogen and oxygen atoms in total. The van der Waals surface area contributed by atoms with Crippen molar-refractivity contribution in [2.75, 3.05) is 20.6 Å². The Morgan fingerprint density at radius 1 is 1.12 bits per heavy atom. The van der Waals surface area contributed by atoms with Gasteiger partial charge in [-0.1, -0.05) is 18.2 Å². The number of aryl methyl sites for hydroxylation is 2. The van der Waals surface area contributed by atoms with E-state index in [0.717, 1.165) is 11.1 Å². The second-order valence-electron chi connectivity index (χ2n) is 6.74. The topological polar surface area (TPSA) is 59.3 Å². The van der Waals surface area contributed by atoms with Gasteiger partial charge in [-0.25, -0.2) is 0 Å². The first kappa shape index (κ1) is 17.9. The Kier molecular flexibility index (Phi) is 4.95. The van der Waals surface area contributed by atoms with E-state index in [1.54, 1.807) is 25.4 Å². The summed E-state index contributed by atoms with van der Waals surface area (Å²) in [6.07, 6.45) is 3.74. The van der Waals surface area contributed by atoms with E-state index in [-0.39, 0.29) is 23.1 Å². The minimum Gasteiger partial charge on any atom is -0.350 e. The predicted molar refractivity (Wildman–Crippen MR) is 103 cm³/mol. The normalized spacial score (nSPS) is 12.5. The van der Waals surface area contributed by atoms with Gasteiger partial charge < -0.3 is 19.4 Å². The summed E-state index contributed by atoms with van der Waals surface area (Å²) >= 11 is 0. The van der Waals surface area contributed by atoms with E-state index in [0.29, 0.717) is 6.54 Å². The molecule has 2 aromatic heterocycles. The van der Waals surface area contributed by atoms with E-state index in [1.807, 2.05) is 33.3 Å². The van der Waals surface area contributed by atoms with Crippen molar-refractivity contribution in [3.8, 4) is 0 Å². The summed E-state index contributed by atoms with van der Waals surface area (Å²) in [4.78, 5) is 26.7. The molecule has 1 N–H and O–H groups in total. The summed E-state index contributed by atoms with van der Waals surface area (Å²) in [5.74, 6) is -0.349. The zero-order chi connectivity index (χ0) is 18.8. The average Bonchev–Trinajstić information content (AvgIpc) is 2.94. The Bertz CT molecular complexity index is 1000. The van der Waals surface area contributed by atoms with Crippen LogP contribution in [0.3, 0.4) is 0 Å². The predicted octanol–water partition coefficient (Wildman–Crippen LogP) is 1.91. The first-order valence-electron chi connectivity index (χ1n) is 8.54. The molecule has 0 saturated carbocycles. The van der Waals surface area contributed by atoms with Gasteiger partial charge >= 0.3 is 0 Å². The minimum absolute atomic E-state index is 0.00221. The highest BCUT2D eigenvalue weighted by Gasteiger charge is 2.21. The summed E-state index contributed by atoms with van der Waals surface area (Å²) in [7, 11) is 7.63. The maximum atomic E-state index is 12.5. The fourth-order valence-corrected chi connectivity index (χ4v) is 3.26. The number of hydrogen-bond donors (Lipinski definition) is 1. The Hall–Kier alpha value is -2.86. The molecule has 2 heterocycles. The van der Waals surface area contributed by atoms with Gasteiger partial charge in [0.1, 0.15) is 5.56 Å². The summed E-state index contributed by atoms with van der Waals surface area (Å²) < 4.78 is 3.50. The number of likely N-dealkylation sites (N-methyl/N-ethyl adjacent to an activating group) is 1. The van der Waals surface area contributed by atoms with Crippen LogP contribution in [-0.2, 0) is 14.1 Å². The molecule has 1 atom stereocenters. The van der Waals surface area contributed by atoms with Crippen LogP contribution in [0, 0.1) is 0 Å². The monoisotopic (exact) mass is 352 g/mol. The second kappa shape index (κ2) is 7.17. The molecule has 0 aliphatic heterocycles. The van der Waals surface area contributed by atoms with E-state index in [9.17, 15) is 9.59 Å². The lowest BCUT2D eigenvalue weighted by Crippen LogP contribution is -2.37. The average molecular weight is 352 g/mol. The SMILES string of the molecule is CN(C)[C@H](CNC(=O)c1cccn(C)c1=O)c1cn(C)c2ccccc12. The van der Waals surface area contributed by atoms with Gasteiger partial charge in [-0.15, -0.1) is 0 Å². The summed E-state index contributed by atoms with van der Waals surface area (Å²) in [5, 5.41) is 4.08. The van der Waals surface area contributed by atoms with E-state index < -0.39 is 0 Å². The van der Waals surface area contributed by atoms with Crippen LogP contribution >= 0.6 is 0 Å². The number of rotatable bonds is 5. The maximum Gasteiger partial charge on any atom is 0.263 e.